The summed E-state index contributed by atoms with van der Waals surface area (Å²) in [6.45, 7) is 0. The van der Waals surface area contributed by atoms with Crippen molar-refractivity contribution < 1.29 is 0 Å². The molecule has 0 bridgehead atoms. The number of nitrogen functional groups attached to an aromatic ring is 1. The topological polar surface area (TPSA) is 26.0 Å². The van der Waals surface area contributed by atoms with Gasteiger partial charge in [-0.3, -0.25) is 0 Å². The Bertz CT molecular complexity index is 169. The first kappa shape index (κ1) is 8.37. The van der Waals surface area contributed by atoms with Crippen LogP contribution in [0.25, 0.3) is 0 Å². The average Bonchev–Trinajstić information content (AvgIpc) is 1.77. The largest absolute Gasteiger partial charge is 0.399 e. The molecule has 0 atom stereocenters. The molecule has 1 nitrogen and oxygen atoms in total. The van der Waals surface area contributed by atoms with Crippen LogP contribution in [0.3, 0.4) is 0 Å². The lowest BCUT2D eigenvalue weighted by atomic mass is 9.95. The summed E-state index contributed by atoms with van der Waals surface area (Å²) >= 11 is 0. The quantitative estimate of drug-likeness (QED) is 0.411. The fraction of sp³-hybridized carbons (Fsp3) is 0. The van der Waals surface area contributed by atoms with E-state index in [4.69, 9.17) is 13.6 Å². The molecule has 0 heterocycles. The van der Waals surface area contributed by atoms with E-state index in [1.165, 1.54) is 0 Å². The molecule has 0 aliphatic heterocycles. The van der Waals surface area contributed by atoms with Crippen molar-refractivity contribution in [2.45, 2.75) is 0 Å². The Labute approximate surface area is 62.1 Å². The van der Waals surface area contributed by atoms with Crippen LogP contribution in [0.4, 0.5) is 5.69 Å². The summed E-state index contributed by atoms with van der Waals surface area (Å²) in [7, 11) is 5.39. The second-order valence-electron chi connectivity index (χ2n) is 1.63. The molecule has 0 fully saturated rings. The van der Waals surface area contributed by atoms with E-state index in [0.29, 0.717) is 11.2 Å². The summed E-state index contributed by atoms with van der Waals surface area (Å²) in [6, 6.07) is 7.25. The first-order valence-electron chi connectivity index (χ1n) is 2.40. The molecule has 0 saturated carbocycles. The lowest BCUT2D eigenvalue weighted by Crippen LogP contribution is -2.07. The minimum Gasteiger partial charge on any atom is -0.399 e. The van der Waals surface area contributed by atoms with E-state index in [-0.39, 0.29) is 12.4 Å². The Balaban J connectivity index is 0.000000640. The summed E-state index contributed by atoms with van der Waals surface area (Å²) in [4.78, 5) is 0. The second-order valence-corrected chi connectivity index (χ2v) is 1.63. The zero-order chi connectivity index (χ0) is 5.98. The van der Waals surface area contributed by atoms with Crippen LogP contribution in [0, 0.1) is 0 Å². The van der Waals surface area contributed by atoms with Crippen LogP contribution in [-0.4, -0.2) is 7.85 Å². The molecule has 1 aromatic carbocycles. The fourth-order valence-electron chi connectivity index (χ4n) is 0.511. The van der Waals surface area contributed by atoms with Gasteiger partial charge < -0.3 is 5.73 Å². The number of hydrogen-bond acceptors (Lipinski definition) is 1. The summed E-state index contributed by atoms with van der Waals surface area (Å²) in [5.41, 5.74) is 6.69. The van der Waals surface area contributed by atoms with Crippen molar-refractivity contribution in [3.63, 3.8) is 0 Å². The van der Waals surface area contributed by atoms with Crippen LogP contribution >= 0.6 is 12.4 Å². The van der Waals surface area contributed by atoms with Gasteiger partial charge in [-0.2, -0.15) is 0 Å². The lowest BCUT2D eigenvalue weighted by molar-refractivity contribution is 1.74. The van der Waals surface area contributed by atoms with Gasteiger partial charge in [0.15, 0.2) is 0 Å². The highest BCUT2D eigenvalue weighted by Gasteiger charge is 1.84. The molecule has 0 spiro atoms. The van der Waals surface area contributed by atoms with Gasteiger partial charge in [-0.25, -0.2) is 0 Å². The Morgan fingerprint density at radius 1 is 1.22 bits per heavy atom. The molecule has 0 amide bonds. The Hall–Kier alpha value is -0.625. The van der Waals surface area contributed by atoms with Crippen molar-refractivity contribution in [3.05, 3.63) is 24.3 Å². The van der Waals surface area contributed by atoms with Crippen LogP contribution < -0.4 is 11.2 Å². The van der Waals surface area contributed by atoms with E-state index in [0.717, 1.165) is 0 Å². The molecule has 0 aliphatic carbocycles. The summed E-state index contributed by atoms with van der Waals surface area (Å²) in [5, 5.41) is 0. The second kappa shape index (κ2) is 3.41. The van der Waals surface area contributed by atoms with Gasteiger partial charge >= 0.3 is 0 Å². The Morgan fingerprint density at radius 3 is 2.11 bits per heavy atom. The van der Waals surface area contributed by atoms with Crippen LogP contribution in [0.1, 0.15) is 0 Å². The smallest absolute Gasteiger partial charge is 0.116 e. The molecule has 0 aliphatic rings. The van der Waals surface area contributed by atoms with Gasteiger partial charge in [0.2, 0.25) is 0 Å². The van der Waals surface area contributed by atoms with Gasteiger partial charge in [0, 0.05) is 5.69 Å². The molecule has 0 saturated heterocycles. The van der Waals surface area contributed by atoms with Gasteiger partial charge in [0.25, 0.3) is 0 Å². The zero-order valence-corrected chi connectivity index (χ0v) is 5.69. The maximum absolute atomic E-state index is 5.39. The fourth-order valence-corrected chi connectivity index (χ4v) is 0.511. The minimum atomic E-state index is 0. The third-order valence-electron chi connectivity index (χ3n) is 0.996. The molecule has 46 valence electrons. The van der Waals surface area contributed by atoms with E-state index in [2.05, 4.69) is 0 Å². The standard InChI is InChI=1S/C6H6BN.ClH/c7-5-3-1-2-4-6(5)8;/h1-4H,8H2;1H. The number of hydrogen-bond donors (Lipinski definition) is 1. The molecule has 2 radical (unpaired) electrons. The third-order valence-corrected chi connectivity index (χ3v) is 0.996. The van der Waals surface area contributed by atoms with Gasteiger partial charge in [-0.05, 0) is 6.07 Å². The summed E-state index contributed by atoms with van der Waals surface area (Å²) < 4.78 is 0. The van der Waals surface area contributed by atoms with Gasteiger partial charge in [-0.15, -0.1) is 12.4 Å². The third kappa shape index (κ3) is 1.98. The monoisotopic (exact) mass is 139 g/mol. The highest BCUT2D eigenvalue weighted by molar-refractivity contribution is 6.35. The number of rotatable bonds is 0. The van der Waals surface area contributed by atoms with E-state index < -0.39 is 0 Å². The molecule has 1 rings (SSSR count). The number of nitrogens with two attached hydrogens (primary N) is 1. The Kier molecular flexibility index (Phi) is 3.17. The van der Waals surface area contributed by atoms with Crippen molar-refractivity contribution >= 4 is 31.4 Å². The molecular formula is C6H7BClN. The highest BCUT2D eigenvalue weighted by atomic mass is 35.5. The molecule has 1 aromatic rings. The van der Waals surface area contributed by atoms with Crippen LogP contribution in [-0.2, 0) is 0 Å². The van der Waals surface area contributed by atoms with E-state index in [9.17, 15) is 0 Å². The number of benzene rings is 1. The predicted molar refractivity (Wildman–Crippen MR) is 43.5 cm³/mol. The van der Waals surface area contributed by atoms with Crippen molar-refractivity contribution in [3.8, 4) is 0 Å². The maximum Gasteiger partial charge on any atom is 0.116 e. The SMILES string of the molecule is Cl.[B]c1ccccc1N. The Morgan fingerprint density at radius 2 is 1.78 bits per heavy atom. The molecule has 0 unspecified atom stereocenters. The van der Waals surface area contributed by atoms with E-state index >= 15 is 0 Å². The maximum atomic E-state index is 5.39. The number of para-hydroxylation sites is 1. The number of halogens is 1. The molecule has 0 aromatic heterocycles. The summed E-state index contributed by atoms with van der Waals surface area (Å²) in [6.07, 6.45) is 0. The molecule has 2 N–H and O–H groups in total. The highest BCUT2D eigenvalue weighted by Crippen LogP contribution is 1.91. The molecular weight excluding hydrogens is 132 g/mol. The van der Waals surface area contributed by atoms with E-state index in [1.54, 1.807) is 12.1 Å². The minimum absolute atomic E-state index is 0. The number of anilines is 1. The van der Waals surface area contributed by atoms with Crippen LogP contribution in [0.15, 0.2) is 24.3 Å². The van der Waals surface area contributed by atoms with Crippen molar-refractivity contribution in [2.24, 2.45) is 0 Å². The first-order chi connectivity index (χ1) is 3.80. The lowest BCUT2D eigenvalue weighted by Gasteiger charge is -1.94. The predicted octanol–water partition coefficient (Wildman–Crippen LogP) is 0.484. The molecule has 9 heavy (non-hydrogen) atoms. The first-order valence-corrected chi connectivity index (χ1v) is 2.40. The van der Waals surface area contributed by atoms with Gasteiger partial charge in [0.1, 0.15) is 7.85 Å². The molecule has 3 heteroatoms. The van der Waals surface area contributed by atoms with Gasteiger partial charge in [0.05, 0.1) is 0 Å². The van der Waals surface area contributed by atoms with Crippen molar-refractivity contribution in [1.82, 2.24) is 0 Å². The van der Waals surface area contributed by atoms with Gasteiger partial charge in [-0.1, -0.05) is 23.7 Å². The van der Waals surface area contributed by atoms with Crippen LogP contribution in [0.2, 0.25) is 0 Å². The van der Waals surface area contributed by atoms with Crippen molar-refractivity contribution in [1.29, 1.82) is 0 Å². The average molecular weight is 139 g/mol. The van der Waals surface area contributed by atoms with E-state index in [1.807, 2.05) is 12.1 Å². The van der Waals surface area contributed by atoms with Crippen LogP contribution in [0.5, 0.6) is 0 Å². The normalized spacial score (nSPS) is 8.00. The summed E-state index contributed by atoms with van der Waals surface area (Å²) in [5.74, 6) is 0. The zero-order valence-electron chi connectivity index (χ0n) is 4.87. The van der Waals surface area contributed by atoms with Crippen molar-refractivity contribution in [2.75, 3.05) is 5.73 Å².